The van der Waals surface area contributed by atoms with E-state index < -0.39 is 71.6 Å². The molecule has 0 bridgehead atoms. The number of rotatable bonds is 8. The molecule has 2 aliphatic heterocycles. The van der Waals surface area contributed by atoms with Crippen molar-refractivity contribution in [2.24, 2.45) is 0 Å². The second kappa shape index (κ2) is 14.8. The molecule has 3 heterocycles. The summed E-state index contributed by atoms with van der Waals surface area (Å²) >= 11 is 0. The number of carbonyl (C=O) groups excluding carboxylic acids is 1. The van der Waals surface area contributed by atoms with Crippen LogP contribution in [-0.4, -0.2) is 56.4 Å². The van der Waals surface area contributed by atoms with Gasteiger partial charge in [0.05, 0.1) is 40.6 Å². The topological polar surface area (TPSA) is 79.6 Å². The van der Waals surface area contributed by atoms with Crippen LogP contribution in [0.2, 0.25) is 0 Å². The third-order valence-corrected chi connectivity index (χ3v) is 9.39. The predicted molar refractivity (Wildman–Crippen MR) is 178 cm³/mol. The van der Waals surface area contributed by atoms with Crippen molar-refractivity contribution in [3.63, 3.8) is 0 Å². The molecule has 290 valence electrons. The first-order chi connectivity index (χ1) is 25.3. The molecule has 3 aromatic carbocycles. The molecule has 2 aliphatic rings. The largest absolute Gasteiger partial charge is 0.446 e. The number of hydrogen-bond donors (Lipinski definition) is 0. The predicted octanol–water partition coefficient (Wildman–Crippen LogP) is 9.07. The molecular weight excluding hydrogens is 733 g/mol. The zero-order chi connectivity index (χ0) is 39.2. The standard InChI is InChI=1S/C36H36F9N7O2/c1-21(2)54-33(53)51-22(3)13-31(29-17-25(34(37,38)39)9-10-30(29)51)50(19-24-14-26(35(40,41)42)16-27(15-24)36(43,44)45)32-46-48-52(47-32)28-11-12-49(20-28)18-23-7-5-4-6-8-23/h4-10,14-17,21-22,28,31H,11-13,18-20H2,1-3H3/t22?,28-,31?/m1/s1. The van der Waals surface area contributed by atoms with Gasteiger partial charge >= 0.3 is 24.6 Å². The van der Waals surface area contributed by atoms with Gasteiger partial charge in [0, 0.05) is 32.2 Å². The monoisotopic (exact) mass is 769 g/mol. The summed E-state index contributed by atoms with van der Waals surface area (Å²) in [4.78, 5) is 19.2. The molecule has 0 spiro atoms. The third-order valence-electron chi connectivity index (χ3n) is 9.39. The van der Waals surface area contributed by atoms with Gasteiger partial charge < -0.3 is 9.64 Å². The quantitative estimate of drug-likeness (QED) is 0.166. The minimum absolute atomic E-state index is 0.00450. The van der Waals surface area contributed by atoms with Crippen molar-refractivity contribution in [3.8, 4) is 0 Å². The van der Waals surface area contributed by atoms with Gasteiger partial charge in [-0.1, -0.05) is 35.4 Å². The molecule has 0 N–H and O–H groups in total. The van der Waals surface area contributed by atoms with Gasteiger partial charge in [-0.05, 0) is 91.9 Å². The molecule has 0 saturated carbocycles. The summed E-state index contributed by atoms with van der Waals surface area (Å²) in [5.74, 6) is -0.235. The Bertz CT molecular complexity index is 1910. The Morgan fingerprint density at radius 2 is 1.52 bits per heavy atom. The molecule has 2 unspecified atom stereocenters. The Hall–Kier alpha value is -4.87. The van der Waals surface area contributed by atoms with E-state index in [4.69, 9.17) is 4.74 Å². The van der Waals surface area contributed by atoms with Crippen LogP contribution in [0.1, 0.15) is 79.1 Å². The maximum absolute atomic E-state index is 14.1. The van der Waals surface area contributed by atoms with E-state index in [-0.39, 0.29) is 35.7 Å². The van der Waals surface area contributed by atoms with Gasteiger partial charge in [-0.25, -0.2) is 4.79 Å². The van der Waals surface area contributed by atoms with Crippen molar-refractivity contribution < 1.29 is 49.0 Å². The summed E-state index contributed by atoms with van der Waals surface area (Å²) in [5, 5.41) is 12.9. The highest BCUT2D eigenvalue weighted by Gasteiger charge is 2.43. The van der Waals surface area contributed by atoms with Crippen molar-refractivity contribution in [2.45, 2.75) is 89.5 Å². The minimum atomic E-state index is -5.15. The van der Waals surface area contributed by atoms with Gasteiger partial charge in [0.25, 0.3) is 5.95 Å². The Kier molecular flexibility index (Phi) is 10.6. The van der Waals surface area contributed by atoms with Crippen molar-refractivity contribution in [2.75, 3.05) is 22.9 Å². The van der Waals surface area contributed by atoms with Crippen LogP contribution >= 0.6 is 0 Å². The Labute approximate surface area is 304 Å². The molecule has 0 aliphatic carbocycles. The van der Waals surface area contributed by atoms with Crippen LogP contribution in [-0.2, 0) is 36.4 Å². The average Bonchev–Trinajstić information content (AvgIpc) is 3.76. The molecule has 1 aromatic heterocycles. The fraction of sp³-hybridized carbons (Fsp3) is 0.444. The van der Waals surface area contributed by atoms with Crippen molar-refractivity contribution >= 4 is 17.7 Å². The number of nitrogens with zero attached hydrogens (tertiary/aromatic N) is 7. The van der Waals surface area contributed by atoms with Crippen molar-refractivity contribution in [1.82, 2.24) is 25.1 Å². The Morgan fingerprint density at radius 1 is 0.870 bits per heavy atom. The first kappa shape index (κ1) is 38.8. The number of benzene rings is 3. The second-order valence-electron chi connectivity index (χ2n) is 13.8. The van der Waals surface area contributed by atoms with Crippen LogP contribution in [0, 0.1) is 0 Å². The van der Waals surface area contributed by atoms with Gasteiger partial charge in [0.15, 0.2) is 0 Å². The highest BCUT2D eigenvalue weighted by Crippen LogP contribution is 2.46. The lowest BCUT2D eigenvalue weighted by Crippen LogP contribution is -2.47. The van der Waals surface area contributed by atoms with E-state index in [1.807, 2.05) is 30.3 Å². The van der Waals surface area contributed by atoms with E-state index in [0.717, 1.165) is 23.8 Å². The molecule has 3 atom stereocenters. The number of ether oxygens (including phenoxy) is 1. The van der Waals surface area contributed by atoms with E-state index in [1.54, 1.807) is 20.8 Å². The normalized spacial score (nSPS) is 19.6. The number of aromatic nitrogens is 4. The molecule has 1 amide bonds. The first-order valence-electron chi connectivity index (χ1n) is 17.1. The van der Waals surface area contributed by atoms with Gasteiger partial charge in [0.2, 0.25) is 0 Å². The molecule has 18 heteroatoms. The molecule has 9 nitrogen and oxygen atoms in total. The number of halogens is 9. The first-order valence-corrected chi connectivity index (χ1v) is 17.1. The fourth-order valence-electron chi connectivity index (χ4n) is 6.94. The number of anilines is 2. The number of amides is 1. The zero-order valence-electron chi connectivity index (χ0n) is 29.3. The minimum Gasteiger partial charge on any atom is -0.446 e. The maximum Gasteiger partial charge on any atom is 0.416 e. The molecular formula is C36H36F9N7O2. The zero-order valence-corrected chi connectivity index (χ0v) is 29.3. The average molecular weight is 770 g/mol. The Balaban J connectivity index is 1.44. The molecule has 1 fully saturated rings. The van der Waals surface area contributed by atoms with Crippen molar-refractivity contribution in [3.05, 3.63) is 100 Å². The summed E-state index contributed by atoms with van der Waals surface area (Å²) in [7, 11) is 0. The van der Waals surface area contributed by atoms with Gasteiger partial charge in [0.1, 0.15) is 0 Å². The Morgan fingerprint density at radius 3 is 2.13 bits per heavy atom. The van der Waals surface area contributed by atoms with Crippen LogP contribution in [0.5, 0.6) is 0 Å². The smallest absolute Gasteiger partial charge is 0.416 e. The summed E-state index contributed by atoms with van der Waals surface area (Å²) < 4.78 is 131. The molecule has 1 saturated heterocycles. The van der Waals surface area contributed by atoms with E-state index in [2.05, 4.69) is 20.3 Å². The third kappa shape index (κ3) is 8.58. The summed E-state index contributed by atoms with van der Waals surface area (Å²) in [6, 6.07) is 11.2. The number of tetrazole rings is 1. The van der Waals surface area contributed by atoms with Crippen molar-refractivity contribution in [1.29, 1.82) is 0 Å². The van der Waals surface area contributed by atoms with E-state index in [1.165, 1.54) is 14.6 Å². The number of carbonyl (C=O) groups is 1. The van der Waals surface area contributed by atoms with Crippen LogP contribution in [0.15, 0.2) is 66.7 Å². The number of hydrogen-bond acceptors (Lipinski definition) is 7. The lowest BCUT2D eigenvalue weighted by molar-refractivity contribution is -0.143. The van der Waals surface area contributed by atoms with Crippen LogP contribution < -0.4 is 9.80 Å². The number of likely N-dealkylation sites (tertiary alicyclic amines) is 1. The summed E-state index contributed by atoms with van der Waals surface area (Å²) in [6.07, 6.45) is -16.1. The van der Waals surface area contributed by atoms with E-state index in [9.17, 15) is 44.3 Å². The molecule has 4 aromatic rings. The van der Waals surface area contributed by atoms with E-state index >= 15 is 0 Å². The van der Waals surface area contributed by atoms with E-state index in [0.29, 0.717) is 38.2 Å². The highest BCUT2D eigenvalue weighted by atomic mass is 19.4. The second-order valence-corrected chi connectivity index (χ2v) is 13.8. The summed E-state index contributed by atoms with van der Waals surface area (Å²) in [5.41, 5.74) is -3.66. The SMILES string of the molecule is CC(C)OC(=O)N1c2ccc(C(F)(F)F)cc2C(N(Cc2cc(C(F)(F)F)cc(C(F)(F)F)c2)c2nnn([C@@H]3CCN(Cc4ccccc4)C3)n2)CC1C. The molecule has 0 radical (unpaired) electrons. The fourth-order valence-corrected chi connectivity index (χ4v) is 6.94. The lowest BCUT2D eigenvalue weighted by Gasteiger charge is -2.43. The molecule has 54 heavy (non-hydrogen) atoms. The van der Waals surface area contributed by atoms with Gasteiger partial charge in [-0.2, -0.15) is 44.3 Å². The number of fused-ring (bicyclic) bond motifs is 1. The van der Waals surface area contributed by atoms with Crippen LogP contribution in [0.4, 0.5) is 55.9 Å². The van der Waals surface area contributed by atoms with Gasteiger partial charge in [-0.3, -0.25) is 9.80 Å². The summed E-state index contributed by atoms with van der Waals surface area (Å²) in [6.45, 7) is 5.90. The highest BCUT2D eigenvalue weighted by molar-refractivity contribution is 5.90. The maximum atomic E-state index is 14.1. The van der Waals surface area contributed by atoms with Gasteiger partial charge in [-0.15, -0.1) is 5.10 Å². The number of alkyl halides is 9. The lowest BCUT2D eigenvalue weighted by atomic mass is 9.89. The van der Waals surface area contributed by atoms with Crippen LogP contribution in [0.3, 0.4) is 0 Å². The molecule has 6 rings (SSSR count). The van der Waals surface area contributed by atoms with Crippen LogP contribution in [0.25, 0.3) is 0 Å².